The minimum atomic E-state index is -0.228. The van der Waals surface area contributed by atoms with Crippen molar-refractivity contribution < 1.29 is 14.0 Å². The molecule has 0 aromatic carbocycles. The molecule has 1 aromatic rings. The fourth-order valence-electron chi connectivity index (χ4n) is 1.20. The van der Waals surface area contributed by atoms with Gasteiger partial charge in [-0.3, -0.25) is 9.63 Å². The summed E-state index contributed by atoms with van der Waals surface area (Å²) >= 11 is 0. The Morgan fingerprint density at radius 1 is 1.54 bits per heavy atom. The summed E-state index contributed by atoms with van der Waals surface area (Å²) in [4.78, 5) is 20.5. The van der Waals surface area contributed by atoms with Crippen LogP contribution in [0, 0.1) is 0 Å². The molecule has 0 N–H and O–H groups in total. The molecule has 1 aliphatic rings. The third kappa shape index (κ3) is 1.70. The lowest BCUT2D eigenvalue weighted by Crippen LogP contribution is -2.35. The van der Waals surface area contributed by atoms with E-state index in [1.54, 1.807) is 0 Å². The van der Waals surface area contributed by atoms with E-state index in [9.17, 15) is 4.79 Å². The van der Waals surface area contributed by atoms with Crippen LogP contribution in [0.1, 0.15) is 23.3 Å². The standard InChI is InChI=1S/C8H10N2O3/c11-8(7-5-12-6-9-7)10-3-1-2-4-13-10/h5-6H,1-4H2. The number of nitrogens with zero attached hydrogens (tertiary/aromatic N) is 2. The van der Waals surface area contributed by atoms with E-state index >= 15 is 0 Å². The van der Waals surface area contributed by atoms with Crippen LogP contribution in [0.15, 0.2) is 17.1 Å². The molecule has 0 bridgehead atoms. The van der Waals surface area contributed by atoms with Crippen LogP contribution in [0.2, 0.25) is 0 Å². The van der Waals surface area contributed by atoms with Gasteiger partial charge in [0.15, 0.2) is 12.1 Å². The highest BCUT2D eigenvalue weighted by Crippen LogP contribution is 2.09. The fourth-order valence-corrected chi connectivity index (χ4v) is 1.20. The van der Waals surface area contributed by atoms with Crippen LogP contribution in [0.3, 0.4) is 0 Å². The number of hydrogen-bond donors (Lipinski definition) is 0. The molecule has 0 radical (unpaired) electrons. The van der Waals surface area contributed by atoms with Crippen LogP contribution in [0.5, 0.6) is 0 Å². The van der Waals surface area contributed by atoms with Gasteiger partial charge in [0.25, 0.3) is 5.91 Å². The SMILES string of the molecule is O=C(c1cocn1)N1CCCCO1. The Kier molecular flexibility index (Phi) is 2.27. The van der Waals surface area contributed by atoms with Gasteiger partial charge in [-0.2, -0.15) is 0 Å². The number of aromatic nitrogens is 1. The Hall–Kier alpha value is -1.36. The summed E-state index contributed by atoms with van der Waals surface area (Å²) in [6.07, 6.45) is 4.53. The zero-order valence-electron chi connectivity index (χ0n) is 7.10. The zero-order chi connectivity index (χ0) is 9.10. The van der Waals surface area contributed by atoms with Crippen LogP contribution in [-0.2, 0) is 4.84 Å². The molecular formula is C8H10N2O3. The normalized spacial score (nSPS) is 17.4. The lowest BCUT2D eigenvalue weighted by molar-refractivity contribution is -0.144. The molecule has 2 rings (SSSR count). The van der Waals surface area contributed by atoms with Crippen molar-refractivity contribution in [3.63, 3.8) is 0 Å². The smallest absolute Gasteiger partial charge is 0.299 e. The van der Waals surface area contributed by atoms with Crippen molar-refractivity contribution >= 4 is 5.91 Å². The summed E-state index contributed by atoms with van der Waals surface area (Å²) in [5, 5.41) is 1.33. The van der Waals surface area contributed by atoms with Gasteiger partial charge < -0.3 is 4.42 Å². The van der Waals surface area contributed by atoms with Crippen LogP contribution in [0.4, 0.5) is 0 Å². The van der Waals surface area contributed by atoms with Crippen LogP contribution < -0.4 is 0 Å². The van der Waals surface area contributed by atoms with E-state index in [0.717, 1.165) is 12.8 Å². The van der Waals surface area contributed by atoms with Crippen molar-refractivity contribution in [2.24, 2.45) is 0 Å². The molecule has 1 fully saturated rings. The Labute approximate surface area is 75.3 Å². The second kappa shape index (κ2) is 3.57. The third-order valence-corrected chi connectivity index (χ3v) is 1.88. The molecule has 0 aliphatic carbocycles. The lowest BCUT2D eigenvalue weighted by atomic mass is 10.3. The number of carbonyl (C=O) groups is 1. The molecule has 0 atom stereocenters. The molecule has 5 nitrogen and oxygen atoms in total. The van der Waals surface area contributed by atoms with Gasteiger partial charge in [-0.05, 0) is 12.8 Å². The molecule has 0 spiro atoms. The van der Waals surface area contributed by atoms with E-state index in [2.05, 4.69) is 4.98 Å². The first-order valence-corrected chi connectivity index (χ1v) is 4.21. The average Bonchev–Trinajstić information content (AvgIpc) is 2.71. The van der Waals surface area contributed by atoms with Crippen molar-refractivity contribution in [2.45, 2.75) is 12.8 Å². The lowest BCUT2D eigenvalue weighted by Gasteiger charge is -2.24. The number of carbonyl (C=O) groups excluding carboxylic acids is 1. The molecule has 2 heterocycles. The van der Waals surface area contributed by atoms with E-state index in [1.165, 1.54) is 17.7 Å². The van der Waals surface area contributed by atoms with Crippen LogP contribution in [0.25, 0.3) is 0 Å². The highest BCUT2D eigenvalue weighted by atomic mass is 16.7. The number of rotatable bonds is 1. The van der Waals surface area contributed by atoms with Gasteiger partial charge in [-0.1, -0.05) is 0 Å². The van der Waals surface area contributed by atoms with E-state index in [1.807, 2.05) is 0 Å². The molecule has 70 valence electrons. The maximum absolute atomic E-state index is 11.5. The number of hydroxylamine groups is 2. The quantitative estimate of drug-likeness (QED) is 0.645. The largest absolute Gasteiger partial charge is 0.451 e. The maximum atomic E-state index is 11.5. The van der Waals surface area contributed by atoms with Gasteiger partial charge in [-0.15, -0.1) is 0 Å². The molecule has 1 aromatic heterocycles. The minimum Gasteiger partial charge on any atom is -0.451 e. The molecule has 5 heteroatoms. The average molecular weight is 182 g/mol. The molecular weight excluding hydrogens is 172 g/mol. The molecule has 0 saturated carbocycles. The number of hydrogen-bond acceptors (Lipinski definition) is 4. The molecule has 13 heavy (non-hydrogen) atoms. The fraction of sp³-hybridized carbons (Fsp3) is 0.500. The summed E-state index contributed by atoms with van der Waals surface area (Å²) in [5.74, 6) is -0.228. The minimum absolute atomic E-state index is 0.228. The van der Waals surface area contributed by atoms with Gasteiger partial charge in [0.05, 0.1) is 6.61 Å². The highest BCUT2D eigenvalue weighted by Gasteiger charge is 2.20. The molecule has 1 amide bonds. The zero-order valence-corrected chi connectivity index (χ0v) is 7.10. The Balaban J connectivity index is 2.04. The summed E-state index contributed by atoms with van der Waals surface area (Å²) < 4.78 is 4.71. The monoisotopic (exact) mass is 182 g/mol. The summed E-state index contributed by atoms with van der Waals surface area (Å²) in [5.41, 5.74) is 0.293. The topological polar surface area (TPSA) is 55.6 Å². The highest BCUT2D eigenvalue weighted by molar-refractivity contribution is 5.91. The second-order valence-electron chi connectivity index (χ2n) is 2.82. The van der Waals surface area contributed by atoms with Gasteiger partial charge >= 0.3 is 0 Å². The first kappa shape index (κ1) is 8.25. The van der Waals surface area contributed by atoms with Crippen LogP contribution >= 0.6 is 0 Å². The molecule has 1 saturated heterocycles. The van der Waals surface area contributed by atoms with Crippen LogP contribution in [-0.4, -0.2) is 29.1 Å². The molecule has 1 aliphatic heterocycles. The first-order chi connectivity index (χ1) is 6.38. The van der Waals surface area contributed by atoms with Crippen molar-refractivity contribution in [1.82, 2.24) is 10.0 Å². The summed E-state index contributed by atoms with van der Waals surface area (Å²) in [6.45, 7) is 1.23. The number of oxazole rings is 1. The Morgan fingerprint density at radius 3 is 3.08 bits per heavy atom. The van der Waals surface area contributed by atoms with Gasteiger partial charge in [-0.25, -0.2) is 10.0 Å². The van der Waals surface area contributed by atoms with Crippen molar-refractivity contribution in [3.8, 4) is 0 Å². The van der Waals surface area contributed by atoms with E-state index < -0.39 is 0 Å². The van der Waals surface area contributed by atoms with E-state index in [4.69, 9.17) is 9.25 Å². The van der Waals surface area contributed by atoms with Crippen molar-refractivity contribution in [2.75, 3.05) is 13.2 Å². The summed E-state index contributed by atoms with van der Waals surface area (Å²) in [7, 11) is 0. The predicted molar refractivity (Wildman–Crippen MR) is 42.7 cm³/mol. The summed E-state index contributed by atoms with van der Waals surface area (Å²) in [6, 6.07) is 0. The van der Waals surface area contributed by atoms with Gasteiger partial charge in [0, 0.05) is 6.54 Å². The Bertz CT molecular complexity index is 278. The number of amides is 1. The van der Waals surface area contributed by atoms with E-state index in [0.29, 0.717) is 18.8 Å². The maximum Gasteiger partial charge on any atom is 0.299 e. The van der Waals surface area contributed by atoms with Crippen molar-refractivity contribution in [3.05, 3.63) is 18.4 Å². The third-order valence-electron chi connectivity index (χ3n) is 1.88. The second-order valence-corrected chi connectivity index (χ2v) is 2.82. The van der Waals surface area contributed by atoms with Crippen molar-refractivity contribution in [1.29, 1.82) is 0 Å². The molecule has 0 unspecified atom stereocenters. The first-order valence-electron chi connectivity index (χ1n) is 4.21. The van der Waals surface area contributed by atoms with E-state index in [-0.39, 0.29) is 5.91 Å². The van der Waals surface area contributed by atoms with Gasteiger partial charge in [0.2, 0.25) is 0 Å². The predicted octanol–water partition coefficient (Wildman–Crippen LogP) is 0.842. The Morgan fingerprint density at radius 2 is 2.46 bits per heavy atom. The van der Waals surface area contributed by atoms with Gasteiger partial charge in [0.1, 0.15) is 6.26 Å².